The summed E-state index contributed by atoms with van der Waals surface area (Å²) in [5.41, 5.74) is 0. The summed E-state index contributed by atoms with van der Waals surface area (Å²) < 4.78 is 0. The van der Waals surface area contributed by atoms with Gasteiger partial charge in [-0.15, -0.1) is 0 Å². The van der Waals surface area contributed by atoms with Crippen LogP contribution in [-0.4, -0.2) is 23.5 Å². The van der Waals surface area contributed by atoms with Gasteiger partial charge in [-0.3, -0.25) is 9.59 Å². The van der Waals surface area contributed by atoms with Crippen LogP contribution >= 0.6 is 0 Å². The number of amides is 1. The standard InChI is InChI=1S/C12H21NO3/c1-9-4-2-5-10(9)8-13-11(14)6-3-7-12(15)16/h9-10H,2-8H2,1H3,(H,13,14)(H,15,16). The van der Waals surface area contributed by atoms with Crippen LogP contribution in [0.4, 0.5) is 0 Å². The van der Waals surface area contributed by atoms with Gasteiger partial charge in [0.05, 0.1) is 0 Å². The van der Waals surface area contributed by atoms with Gasteiger partial charge in [0.2, 0.25) is 5.91 Å². The molecule has 1 fully saturated rings. The Kier molecular flexibility index (Phi) is 5.29. The molecule has 0 aliphatic heterocycles. The fourth-order valence-corrected chi connectivity index (χ4v) is 2.26. The van der Waals surface area contributed by atoms with Crippen LogP contribution in [0.2, 0.25) is 0 Å². The summed E-state index contributed by atoms with van der Waals surface area (Å²) in [7, 11) is 0. The number of hydrogen-bond acceptors (Lipinski definition) is 2. The van der Waals surface area contributed by atoms with Crippen LogP contribution < -0.4 is 5.32 Å². The van der Waals surface area contributed by atoms with Crippen LogP contribution in [0.15, 0.2) is 0 Å². The van der Waals surface area contributed by atoms with Gasteiger partial charge in [0, 0.05) is 19.4 Å². The first-order chi connectivity index (χ1) is 7.59. The van der Waals surface area contributed by atoms with Gasteiger partial charge in [-0.05, 0) is 24.7 Å². The number of carboxylic acid groups (broad SMARTS) is 1. The molecule has 0 aromatic carbocycles. The minimum atomic E-state index is -0.836. The molecule has 0 heterocycles. The summed E-state index contributed by atoms with van der Waals surface area (Å²) in [6.45, 7) is 2.99. The van der Waals surface area contributed by atoms with E-state index in [2.05, 4.69) is 12.2 Å². The largest absolute Gasteiger partial charge is 0.481 e. The van der Waals surface area contributed by atoms with Crippen molar-refractivity contribution >= 4 is 11.9 Å². The van der Waals surface area contributed by atoms with Crippen molar-refractivity contribution in [2.24, 2.45) is 11.8 Å². The quantitative estimate of drug-likeness (QED) is 0.727. The molecule has 2 N–H and O–H groups in total. The highest BCUT2D eigenvalue weighted by Crippen LogP contribution is 2.30. The topological polar surface area (TPSA) is 66.4 Å². The van der Waals surface area contributed by atoms with E-state index in [0.29, 0.717) is 24.7 Å². The maximum absolute atomic E-state index is 11.4. The number of aliphatic carboxylic acids is 1. The van der Waals surface area contributed by atoms with E-state index in [4.69, 9.17) is 5.11 Å². The van der Waals surface area contributed by atoms with E-state index in [1.807, 2.05) is 0 Å². The van der Waals surface area contributed by atoms with Gasteiger partial charge in [0.1, 0.15) is 0 Å². The third-order valence-electron chi connectivity index (χ3n) is 3.40. The van der Waals surface area contributed by atoms with Crippen LogP contribution in [0.5, 0.6) is 0 Å². The molecule has 4 heteroatoms. The van der Waals surface area contributed by atoms with E-state index in [1.165, 1.54) is 19.3 Å². The Labute approximate surface area is 96.4 Å². The molecule has 0 aromatic heterocycles. The Balaban J connectivity index is 2.08. The summed E-state index contributed by atoms with van der Waals surface area (Å²) in [6.07, 6.45) is 4.57. The third kappa shape index (κ3) is 4.64. The smallest absolute Gasteiger partial charge is 0.303 e. The molecule has 0 bridgehead atoms. The highest BCUT2D eigenvalue weighted by atomic mass is 16.4. The molecule has 0 saturated heterocycles. The van der Waals surface area contributed by atoms with Crippen molar-refractivity contribution in [1.29, 1.82) is 0 Å². The summed E-state index contributed by atoms with van der Waals surface area (Å²) in [4.78, 5) is 21.6. The van der Waals surface area contributed by atoms with Crippen LogP contribution in [0.3, 0.4) is 0 Å². The number of carboxylic acids is 1. The number of carbonyl (C=O) groups is 2. The summed E-state index contributed by atoms with van der Waals surface area (Å²) in [6, 6.07) is 0. The highest BCUT2D eigenvalue weighted by molar-refractivity contribution is 5.76. The Bertz CT molecular complexity index is 253. The normalized spacial score (nSPS) is 24.3. The summed E-state index contributed by atoms with van der Waals surface area (Å²) >= 11 is 0. The van der Waals surface area contributed by atoms with Gasteiger partial charge < -0.3 is 10.4 Å². The molecule has 1 saturated carbocycles. The van der Waals surface area contributed by atoms with Gasteiger partial charge in [0.25, 0.3) is 0 Å². The lowest BCUT2D eigenvalue weighted by molar-refractivity contribution is -0.137. The zero-order chi connectivity index (χ0) is 12.0. The molecule has 0 radical (unpaired) electrons. The van der Waals surface area contributed by atoms with E-state index < -0.39 is 5.97 Å². The van der Waals surface area contributed by atoms with Crippen molar-refractivity contribution in [3.05, 3.63) is 0 Å². The van der Waals surface area contributed by atoms with E-state index in [9.17, 15) is 9.59 Å². The van der Waals surface area contributed by atoms with Gasteiger partial charge in [0.15, 0.2) is 0 Å². The van der Waals surface area contributed by atoms with Gasteiger partial charge in [-0.2, -0.15) is 0 Å². The minimum Gasteiger partial charge on any atom is -0.481 e. The van der Waals surface area contributed by atoms with Crippen molar-refractivity contribution in [2.45, 2.75) is 45.4 Å². The number of rotatable bonds is 6. The first-order valence-corrected chi connectivity index (χ1v) is 6.08. The SMILES string of the molecule is CC1CCCC1CNC(=O)CCCC(=O)O. The average molecular weight is 227 g/mol. The summed E-state index contributed by atoms with van der Waals surface area (Å²) in [5, 5.41) is 11.3. The van der Waals surface area contributed by atoms with E-state index in [-0.39, 0.29) is 12.3 Å². The molecule has 1 aliphatic carbocycles. The maximum Gasteiger partial charge on any atom is 0.303 e. The van der Waals surface area contributed by atoms with Crippen molar-refractivity contribution in [2.75, 3.05) is 6.54 Å². The lowest BCUT2D eigenvalue weighted by Gasteiger charge is -2.15. The first-order valence-electron chi connectivity index (χ1n) is 6.08. The fraction of sp³-hybridized carbons (Fsp3) is 0.833. The van der Waals surface area contributed by atoms with Crippen molar-refractivity contribution < 1.29 is 14.7 Å². The molecular formula is C12H21NO3. The predicted molar refractivity (Wildman–Crippen MR) is 61.0 cm³/mol. The third-order valence-corrected chi connectivity index (χ3v) is 3.40. The molecule has 4 nitrogen and oxygen atoms in total. The molecule has 92 valence electrons. The molecule has 1 amide bonds. The van der Waals surface area contributed by atoms with E-state index in [1.54, 1.807) is 0 Å². The number of hydrogen-bond donors (Lipinski definition) is 2. The van der Waals surface area contributed by atoms with Crippen LogP contribution in [0, 0.1) is 11.8 Å². The van der Waals surface area contributed by atoms with Crippen molar-refractivity contribution in [3.8, 4) is 0 Å². The van der Waals surface area contributed by atoms with Gasteiger partial charge in [-0.25, -0.2) is 0 Å². The zero-order valence-electron chi connectivity index (χ0n) is 9.87. The fourth-order valence-electron chi connectivity index (χ4n) is 2.26. The van der Waals surface area contributed by atoms with Crippen LogP contribution in [0.1, 0.15) is 45.4 Å². The molecular weight excluding hydrogens is 206 g/mol. The van der Waals surface area contributed by atoms with Crippen LogP contribution in [-0.2, 0) is 9.59 Å². The first kappa shape index (κ1) is 13.0. The minimum absolute atomic E-state index is 0.0136. The lowest BCUT2D eigenvalue weighted by Crippen LogP contribution is -2.30. The van der Waals surface area contributed by atoms with Crippen LogP contribution in [0.25, 0.3) is 0 Å². The van der Waals surface area contributed by atoms with E-state index in [0.717, 1.165) is 6.54 Å². The monoisotopic (exact) mass is 227 g/mol. The molecule has 0 aromatic rings. The Morgan fingerprint density at radius 3 is 2.62 bits per heavy atom. The number of nitrogens with one attached hydrogen (secondary N) is 1. The van der Waals surface area contributed by atoms with Gasteiger partial charge in [-0.1, -0.05) is 19.8 Å². The molecule has 1 aliphatic rings. The second-order valence-corrected chi connectivity index (χ2v) is 4.72. The highest BCUT2D eigenvalue weighted by Gasteiger charge is 2.23. The Morgan fingerprint density at radius 1 is 1.31 bits per heavy atom. The summed E-state index contributed by atoms with van der Waals surface area (Å²) in [5.74, 6) is 0.473. The van der Waals surface area contributed by atoms with Crippen molar-refractivity contribution in [1.82, 2.24) is 5.32 Å². The molecule has 0 spiro atoms. The van der Waals surface area contributed by atoms with Gasteiger partial charge >= 0.3 is 5.97 Å². The second-order valence-electron chi connectivity index (χ2n) is 4.72. The molecule has 2 atom stereocenters. The Hall–Kier alpha value is -1.06. The Morgan fingerprint density at radius 2 is 2.06 bits per heavy atom. The second kappa shape index (κ2) is 6.51. The average Bonchev–Trinajstić information content (AvgIpc) is 2.60. The maximum atomic E-state index is 11.4. The molecule has 1 rings (SSSR count). The number of carbonyl (C=O) groups excluding carboxylic acids is 1. The van der Waals surface area contributed by atoms with Crippen molar-refractivity contribution in [3.63, 3.8) is 0 Å². The molecule has 2 unspecified atom stereocenters. The lowest BCUT2D eigenvalue weighted by atomic mass is 9.98. The predicted octanol–water partition coefficient (Wildman–Crippen LogP) is 1.79. The molecule has 16 heavy (non-hydrogen) atoms. The van der Waals surface area contributed by atoms with E-state index >= 15 is 0 Å². The zero-order valence-corrected chi connectivity index (χ0v) is 9.87.